The maximum absolute atomic E-state index is 12.1. The molecule has 0 aliphatic carbocycles. The molecule has 1 atom stereocenters. The van der Waals surface area contributed by atoms with Crippen molar-refractivity contribution in [1.29, 1.82) is 0 Å². The van der Waals surface area contributed by atoms with Crippen molar-refractivity contribution in [2.75, 3.05) is 19.8 Å². The van der Waals surface area contributed by atoms with Crippen molar-refractivity contribution < 1.29 is 19.1 Å². The third-order valence-corrected chi connectivity index (χ3v) is 2.99. The summed E-state index contributed by atoms with van der Waals surface area (Å²) >= 11 is 0. The van der Waals surface area contributed by atoms with Gasteiger partial charge < -0.3 is 19.6 Å². The number of benzene rings is 1. The average Bonchev–Trinajstić information content (AvgIpc) is 2.88. The number of hydrogen-bond donors (Lipinski definition) is 2. The van der Waals surface area contributed by atoms with Crippen LogP contribution in [-0.2, 0) is 4.74 Å². The van der Waals surface area contributed by atoms with Gasteiger partial charge in [-0.15, -0.1) is 0 Å². The molecule has 5 heteroatoms. The second kappa shape index (κ2) is 7.24. The number of nitrogens with one attached hydrogen (secondary N) is 1. The van der Waals surface area contributed by atoms with Crippen molar-refractivity contribution in [2.45, 2.75) is 20.0 Å². The Labute approximate surface area is 123 Å². The second-order valence-electron chi connectivity index (χ2n) is 5.44. The molecule has 0 bridgehead atoms. The Kier molecular flexibility index (Phi) is 5.36. The first-order valence-electron chi connectivity index (χ1n) is 7.08. The van der Waals surface area contributed by atoms with Crippen LogP contribution in [0.25, 0.3) is 11.0 Å². The molecule has 2 N–H and O–H groups in total. The number of carbonyl (C=O) groups excluding carboxylic acids is 1. The highest BCUT2D eigenvalue weighted by Gasteiger charge is 2.14. The van der Waals surface area contributed by atoms with Crippen molar-refractivity contribution in [1.82, 2.24) is 5.32 Å². The van der Waals surface area contributed by atoms with Gasteiger partial charge in [-0.05, 0) is 12.0 Å². The van der Waals surface area contributed by atoms with E-state index < -0.39 is 6.10 Å². The molecule has 0 fully saturated rings. The van der Waals surface area contributed by atoms with Crippen molar-refractivity contribution in [3.63, 3.8) is 0 Å². The quantitative estimate of drug-likeness (QED) is 0.820. The first-order valence-corrected chi connectivity index (χ1v) is 7.08. The minimum atomic E-state index is -0.717. The van der Waals surface area contributed by atoms with Gasteiger partial charge in [-0.2, -0.15) is 0 Å². The molecule has 0 aliphatic rings. The summed E-state index contributed by atoms with van der Waals surface area (Å²) in [6.07, 6.45) is 0.715. The normalized spacial score (nSPS) is 12.8. The number of para-hydroxylation sites is 1. The molecule has 0 spiro atoms. The van der Waals surface area contributed by atoms with Gasteiger partial charge >= 0.3 is 0 Å². The number of ether oxygens (including phenoxy) is 1. The number of hydrogen-bond acceptors (Lipinski definition) is 4. The lowest BCUT2D eigenvalue weighted by molar-refractivity contribution is 0.0259. The van der Waals surface area contributed by atoms with Gasteiger partial charge in [-0.1, -0.05) is 32.0 Å². The largest absolute Gasteiger partial charge is 0.463 e. The topological polar surface area (TPSA) is 71.7 Å². The minimum absolute atomic E-state index is 0.149. The van der Waals surface area contributed by atoms with E-state index in [0.29, 0.717) is 23.7 Å². The maximum Gasteiger partial charge on any atom is 0.255 e. The number of carbonyl (C=O) groups is 1. The zero-order valence-corrected chi connectivity index (χ0v) is 12.3. The Morgan fingerprint density at radius 2 is 2.10 bits per heavy atom. The van der Waals surface area contributed by atoms with E-state index >= 15 is 0 Å². The summed E-state index contributed by atoms with van der Waals surface area (Å²) in [6, 6.07) is 7.34. The van der Waals surface area contributed by atoms with Crippen LogP contribution in [-0.4, -0.2) is 36.9 Å². The molecular formula is C16H21NO4. The highest BCUT2D eigenvalue weighted by atomic mass is 16.5. The maximum atomic E-state index is 12.1. The van der Waals surface area contributed by atoms with E-state index in [9.17, 15) is 9.90 Å². The van der Waals surface area contributed by atoms with Crippen LogP contribution in [0.3, 0.4) is 0 Å². The molecule has 5 nitrogen and oxygen atoms in total. The fourth-order valence-electron chi connectivity index (χ4n) is 1.96. The molecule has 0 aliphatic heterocycles. The van der Waals surface area contributed by atoms with Gasteiger partial charge in [0.1, 0.15) is 11.8 Å². The first kappa shape index (κ1) is 15.5. The second-order valence-corrected chi connectivity index (χ2v) is 5.44. The van der Waals surface area contributed by atoms with Gasteiger partial charge in [0.25, 0.3) is 5.91 Å². The van der Waals surface area contributed by atoms with Gasteiger partial charge in [0.05, 0.1) is 18.3 Å². The summed E-state index contributed by atoms with van der Waals surface area (Å²) in [5.41, 5.74) is 1.14. The Morgan fingerprint density at radius 3 is 2.86 bits per heavy atom. The highest BCUT2D eigenvalue weighted by Crippen LogP contribution is 2.20. The van der Waals surface area contributed by atoms with E-state index in [0.717, 1.165) is 5.39 Å². The third kappa shape index (κ3) is 4.31. The number of furan rings is 1. The Bertz CT molecular complexity index is 591. The molecule has 21 heavy (non-hydrogen) atoms. The van der Waals surface area contributed by atoms with Gasteiger partial charge in [-0.3, -0.25) is 4.79 Å². The monoisotopic (exact) mass is 291 g/mol. The SMILES string of the molecule is CC(C)COCC(O)CNC(=O)c1coc2ccccc12. The predicted molar refractivity (Wildman–Crippen MR) is 80.2 cm³/mol. The van der Waals surface area contributed by atoms with Gasteiger partial charge in [0, 0.05) is 18.5 Å². The van der Waals surface area contributed by atoms with Crippen LogP contribution in [0.5, 0.6) is 0 Å². The Morgan fingerprint density at radius 1 is 1.33 bits per heavy atom. The van der Waals surface area contributed by atoms with E-state index in [1.807, 2.05) is 32.0 Å². The molecular weight excluding hydrogens is 270 g/mol. The molecule has 1 heterocycles. The minimum Gasteiger partial charge on any atom is -0.463 e. The number of fused-ring (bicyclic) bond motifs is 1. The van der Waals surface area contributed by atoms with Crippen molar-refractivity contribution in [3.05, 3.63) is 36.1 Å². The molecule has 1 unspecified atom stereocenters. The zero-order valence-electron chi connectivity index (χ0n) is 12.3. The van der Waals surface area contributed by atoms with Crippen LogP contribution in [0.4, 0.5) is 0 Å². The van der Waals surface area contributed by atoms with Crippen LogP contribution in [0.2, 0.25) is 0 Å². The Balaban J connectivity index is 1.84. The summed E-state index contributed by atoms with van der Waals surface area (Å²) < 4.78 is 10.7. The number of amides is 1. The van der Waals surface area contributed by atoms with Gasteiger partial charge in [-0.25, -0.2) is 0 Å². The molecule has 1 aromatic carbocycles. The third-order valence-electron chi connectivity index (χ3n) is 2.99. The van der Waals surface area contributed by atoms with E-state index in [2.05, 4.69) is 5.32 Å². The number of rotatable bonds is 7. The van der Waals surface area contributed by atoms with Crippen LogP contribution < -0.4 is 5.32 Å². The van der Waals surface area contributed by atoms with Crippen molar-refractivity contribution in [3.8, 4) is 0 Å². The van der Waals surface area contributed by atoms with Gasteiger partial charge in [0.15, 0.2) is 0 Å². The Hall–Kier alpha value is -1.85. The van der Waals surface area contributed by atoms with Crippen molar-refractivity contribution in [2.24, 2.45) is 5.92 Å². The summed E-state index contributed by atoms with van der Waals surface area (Å²) in [5, 5.41) is 13.2. The lowest BCUT2D eigenvalue weighted by Gasteiger charge is -2.13. The smallest absolute Gasteiger partial charge is 0.255 e. The summed E-state index contributed by atoms with van der Waals surface area (Å²) in [4.78, 5) is 12.1. The number of aliphatic hydroxyl groups is 1. The predicted octanol–water partition coefficient (Wildman–Crippen LogP) is 2.20. The standard InChI is InChI=1S/C16H21NO4/c1-11(2)8-20-9-12(18)7-17-16(19)14-10-21-15-6-4-3-5-13(14)15/h3-6,10-12,18H,7-9H2,1-2H3,(H,17,19). The van der Waals surface area contributed by atoms with Crippen molar-refractivity contribution >= 4 is 16.9 Å². The van der Waals surface area contributed by atoms with E-state index in [1.54, 1.807) is 6.07 Å². The summed E-state index contributed by atoms with van der Waals surface area (Å²) in [6.45, 7) is 5.04. The molecule has 0 saturated heterocycles. The molecule has 1 aromatic heterocycles. The van der Waals surface area contributed by atoms with Crippen LogP contribution >= 0.6 is 0 Å². The highest BCUT2D eigenvalue weighted by molar-refractivity contribution is 6.05. The van der Waals surface area contributed by atoms with E-state index in [4.69, 9.17) is 9.15 Å². The molecule has 2 rings (SSSR count). The molecule has 2 aromatic rings. The van der Waals surface area contributed by atoms with Gasteiger partial charge in [0.2, 0.25) is 0 Å². The van der Waals surface area contributed by atoms with E-state index in [1.165, 1.54) is 6.26 Å². The van der Waals surface area contributed by atoms with Crippen LogP contribution in [0.1, 0.15) is 24.2 Å². The molecule has 0 saturated carbocycles. The molecule has 1 amide bonds. The fourth-order valence-corrected chi connectivity index (χ4v) is 1.96. The van der Waals surface area contributed by atoms with Crippen LogP contribution in [0, 0.1) is 5.92 Å². The average molecular weight is 291 g/mol. The lowest BCUT2D eigenvalue weighted by Crippen LogP contribution is -2.34. The molecule has 114 valence electrons. The van der Waals surface area contributed by atoms with E-state index in [-0.39, 0.29) is 19.1 Å². The zero-order chi connectivity index (χ0) is 15.2. The first-order chi connectivity index (χ1) is 10.1. The van der Waals surface area contributed by atoms with Crippen LogP contribution in [0.15, 0.2) is 34.9 Å². The lowest BCUT2D eigenvalue weighted by atomic mass is 10.1. The molecule has 0 radical (unpaired) electrons. The number of aliphatic hydroxyl groups excluding tert-OH is 1. The summed E-state index contributed by atoms with van der Waals surface area (Å²) in [7, 11) is 0. The summed E-state index contributed by atoms with van der Waals surface area (Å²) in [5.74, 6) is 0.159. The fraction of sp³-hybridized carbons (Fsp3) is 0.438.